The lowest BCUT2D eigenvalue weighted by Gasteiger charge is -2.21. The zero-order valence-corrected chi connectivity index (χ0v) is 12.8. The molecule has 20 heavy (non-hydrogen) atoms. The van der Waals surface area contributed by atoms with Crippen LogP contribution >= 0.6 is 11.6 Å². The van der Waals surface area contributed by atoms with Gasteiger partial charge in [-0.25, -0.2) is 12.8 Å². The summed E-state index contributed by atoms with van der Waals surface area (Å²) >= 11 is 5.78. The van der Waals surface area contributed by atoms with Gasteiger partial charge in [0, 0.05) is 13.6 Å². The number of hydrogen-bond acceptors (Lipinski definition) is 3. The third kappa shape index (κ3) is 3.91. The second-order valence-electron chi connectivity index (χ2n) is 4.09. The van der Waals surface area contributed by atoms with E-state index in [0.717, 1.165) is 22.5 Å². The largest absolute Gasteiger partial charge is 0.358 e. The van der Waals surface area contributed by atoms with Crippen molar-refractivity contribution in [3.63, 3.8) is 0 Å². The molecule has 0 saturated heterocycles. The number of halogens is 2. The zero-order valence-electron chi connectivity index (χ0n) is 11.2. The Balaban J connectivity index is 3.18. The quantitative estimate of drug-likeness (QED) is 0.865. The first-order chi connectivity index (χ1) is 9.32. The monoisotopic (exact) mass is 322 g/mol. The van der Waals surface area contributed by atoms with Crippen molar-refractivity contribution < 1.29 is 17.6 Å². The summed E-state index contributed by atoms with van der Waals surface area (Å²) in [5.41, 5.74) is 0. The standard InChI is InChI=1S/C12H16ClFN2O3S/c1-3-6-16(8-12(17)15-2)20(18,19)11-5-4-9(14)7-10(11)13/h4-5,7H,3,6,8H2,1-2H3,(H,15,17). The third-order valence-electron chi connectivity index (χ3n) is 2.58. The topological polar surface area (TPSA) is 66.5 Å². The Hall–Kier alpha value is -1.18. The van der Waals surface area contributed by atoms with Crippen LogP contribution in [0.3, 0.4) is 0 Å². The molecule has 0 atom stereocenters. The smallest absolute Gasteiger partial charge is 0.245 e. The van der Waals surface area contributed by atoms with Gasteiger partial charge in [0.05, 0.1) is 11.6 Å². The molecular weight excluding hydrogens is 307 g/mol. The predicted octanol–water partition coefficient (Wildman–Crippen LogP) is 1.63. The first kappa shape index (κ1) is 16.9. The number of amides is 1. The second-order valence-corrected chi connectivity index (χ2v) is 6.40. The fourth-order valence-corrected chi connectivity index (χ4v) is 3.59. The van der Waals surface area contributed by atoms with Gasteiger partial charge in [-0.15, -0.1) is 0 Å². The number of sulfonamides is 1. The number of nitrogens with zero attached hydrogens (tertiary/aromatic N) is 1. The number of carbonyl (C=O) groups is 1. The van der Waals surface area contributed by atoms with Crippen LogP contribution in [0.5, 0.6) is 0 Å². The van der Waals surface area contributed by atoms with Crippen LogP contribution in [0.4, 0.5) is 4.39 Å². The van der Waals surface area contributed by atoms with E-state index in [2.05, 4.69) is 5.32 Å². The van der Waals surface area contributed by atoms with E-state index < -0.39 is 21.7 Å². The van der Waals surface area contributed by atoms with Gasteiger partial charge < -0.3 is 5.32 Å². The van der Waals surface area contributed by atoms with E-state index in [1.54, 1.807) is 6.92 Å². The molecule has 0 aliphatic heterocycles. The Bertz CT molecular complexity index is 592. The van der Waals surface area contributed by atoms with Crippen molar-refractivity contribution in [3.05, 3.63) is 29.0 Å². The summed E-state index contributed by atoms with van der Waals surface area (Å²) in [6.45, 7) is 1.66. The minimum absolute atomic E-state index is 0.170. The van der Waals surface area contributed by atoms with E-state index in [0.29, 0.717) is 6.42 Å². The van der Waals surface area contributed by atoms with Crippen molar-refractivity contribution in [2.45, 2.75) is 18.2 Å². The van der Waals surface area contributed by atoms with Crippen molar-refractivity contribution >= 4 is 27.5 Å². The molecule has 0 aromatic heterocycles. The molecule has 5 nitrogen and oxygen atoms in total. The van der Waals surface area contributed by atoms with E-state index in [1.165, 1.54) is 7.05 Å². The molecule has 0 saturated carbocycles. The second kappa shape index (κ2) is 7.01. The number of hydrogen-bond donors (Lipinski definition) is 1. The molecule has 0 aliphatic rings. The molecule has 0 bridgehead atoms. The highest BCUT2D eigenvalue weighted by Gasteiger charge is 2.27. The normalized spacial score (nSPS) is 11.7. The number of benzene rings is 1. The Morgan fingerprint density at radius 3 is 2.60 bits per heavy atom. The van der Waals surface area contributed by atoms with Gasteiger partial charge in [0.2, 0.25) is 15.9 Å². The fraction of sp³-hybridized carbons (Fsp3) is 0.417. The maximum atomic E-state index is 13.0. The van der Waals surface area contributed by atoms with Gasteiger partial charge in [-0.1, -0.05) is 18.5 Å². The van der Waals surface area contributed by atoms with Crippen LogP contribution in [0.15, 0.2) is 23.1 Å². The summed E-state index contributed by atoms with van der Waals surface area (Å²) in [7, 11) is -2.52. The molecule has 1 amide bonds. The minimum Gasteiger partial charge on any atom is -0.358 e. The predicted molar refractivity (Wildman–Crippen MR) is 74.5 cm³/mol. The van der Waals surface area contributed by atoms with Crippen molar-refractivity contribution in [3.8, 4) is 0 Å². The van der Waals surface area contributed by atoms with Crippen LogP contribution < -0.4 is 5.32 Å². The molecule has 0 unspecified atom stereocenters. The zero-order chi connectivity index (χ0) is 15.3. The summed E-state index contributed by atoms with van der Waals surface area (Å²) in [6, 6.07) is 3.04. The Morgan fingerprint density at radius 1 is 1.45 bits per heavy atom. The van der Waals surface area contributed by atoms with Crippen LogP contribution in [0.25, 0.3) is 0 Å². The average Bonchev–Trinajstić information content (AvgIpc) is 2.37. The SMILES string of the molecule is CCCN(CC(=O)NC)S(=O)(=O)c1ccc(F)cc1Cl. The van der Waals surface area contributed by atoms with Crippen LogP contribution in [-0.2, 0) is 14.8 Å². The van der Waals surface area contributed by atoms with Crippen molar-refractivity contribution in [1.29, 1.82) is 0 Å². The maximum absolute atomic E-state index is 13.0. The number of carbonyl (C=O) groups excluding carboxylic acids is 1. The summed E-state index contributed by atoms with van der Waals surface area (Å²) in [5, 5.41) is 2.16. The van der Waals surface area contributed by atoms with Crippen LogP contribution in [-0.4, -0.2) is 38.8 Å². The molecule has 8 heteroatoms. The molecule has 0 spiro atoms. The van der Waals surface area contributed by atoms with E-state index in [-0.39, 0.29) is 23.0 Å². The molecule has 0 fully saturated rings. The number of likely N-dealkylation sites (N-methyl/N-ethyl adjacent to an activating group) is 1. The molecule has 0 heterocycles. The van der Waals surface area contributed by atoms with E-state index in [9.17, 15) is 17.6 Å². The van der Waals surface area contributed by atoms with Crippen molar-refractivity contribution in [2.24, 2.45) is 0 Å². The lowest BCUT2D eigenvalue weighted by Crippen LogP contribution is -2.40. The summed E-state index contributed by atoms with van der Waals surface area (Å²) in [5.74, 6) is -1.05. The average molecular weight is 323 g/mol. The lowest BCUT2D eigenvalue weighted by atomic mass is 10.3. The number of nitrogens with one attached hydrogen (secondary N) is 1. The summed E-state index contributed by atoms with van der Waals surface area (Å²) < 4.78 is 38.9. The molecule has 112 valence electrons. The maximum Gasteiger partial charge on any atom is 0.245 e. The van der Waals surface area contributed by atoms with Gasteiger partial charge in [-0.3, -0.25) is 4.79 Å². The first-order valence-electron chi connectivity index (χ1n) is 5.98. The molecule has 0 aliphatic carbocycles. The Kier molecular flexibility index (Phi) is 5.91. The van der Waals surface area contributed by atoms with Gasteiger partial charge in [-0.2, -0.15) is 4.31 Å². The molecule has 0 radical (unpaired) electrons. The van der Waals surface area contributed by atoms with Gasteiger partial charge in [-0.05, 0) is 24.6 Å². The van der Waals surface area contributed by atoms with Crippen LogP contribution in [0.1, 0.15) is 13.3 Å². The molecule has 1 rings (SSSR count). The summed E-state index contributed by atoms with van der Waals surface area (Å²) in [6.07, 6.45) is 0.537. The van der Waals surface area contributed by atoms with E-state index in [1.807, 2.05) is 0 Å². The van der Waals surface area contributed by atoms with Crippen molar-refractivity contribution in [2.75, 3.05) is 20.1 Å². The van der Waals surface area contributed by atoms with Gasteiger partial charge in [0.25, 0.3) is 0 Å². The summed E-state index contributed by atoms with van der Waals surface area (Å²) in [4.78, 5) is 11.2. The van der Waals surface area contributed by atoms with Gasteiger partial charge in [0.1, 0.15) is 10.7 Å². The van der Waals surface area contributed by atoms with Gasteiger partial charge in [0.15, 0.2) is 0 Å². The molecular formula is C12H16ClFN2O3S. The lowest BCUT2D eigenvalue weighted by molar-refractivity contribution is -0.120. The van der Waals surface area contributed by atoms with E-state index in [4.69, 9.17) is 11.6 Å². The molecule has 1 aromatic rings. The highest BCUT2D eigenvalue weighted by atomic mass is 35.5. The van der Waals surface area contributed by atoms with E-state index >= 15 is 0 Å². The van der Waals surface area contributed by atoms with Gasteiger partial charge >= 0.3 is 0 Å². The van der Waals surface area contributed by atoms with Crippen molar-refractivity contribution in [1.82, 2.24) is 9.62 Å². The molecule has 1 aromatic carbocycles. The third-order valence-corrected chi connectivity index (χ3v) is 4.91. The highest BCUT2D eigenvalue weighted by Crippen LogP contribution is 2.25. The minimum atomic E-state index is -3.94. The van der Waals surface area contributed by atoms with Crippen LogP contribution in [0, 0.1) is 5.82 Å². The highest BCUT2D eigenvalue weighted by molar-refractivity contribution is 7.89. The molecule has 1 N–H and O–H groups in total. The Labute approximate surface area is 122 Å². The fourth-order valence-electron chi connectivity index (χ4n) is 1.60. The Morgan fingerprint density at radius 2 is 2.10 bits per heavy atom. The number of rotatable bonds is 6. The first-order valence-corrected chi connectivity index (χ1v) is 7.80. The van der Waals surface area contributed by atoms with Crippen LogP contribution in [0.2, 0.25) is 5.02 Å².